The number of hydrogen-bond acceptors (Lipinski definition) is 5. The van der Waals surface area contributed by atoms with Crippen LogP contribution in [-0.2, 0) is 13.1 Å². The van der Waals surface area contributed by atoms with Crippen molar-refractivity contribution in [3.63, 3.8) is 0 Å². The topological polar surface area (TPSA) is 94.2 Å². The smallest absolute Gasteiger partial charge is 0.308 e. The zero-order valence-electron chi connectivity index (χ0n) is 15.5. The number of hydrogen-bond donors (Lipinski definition) is 1. The van der Waals surface area contributed by atoms with Gasteiger partial charge in [0.05, 0.1) is 11.5 Å². The largest absolute Gasteiger partial charge is 0.347 e. The molecule has 144 valence electrons. The number of nitro benzene ring substituents is 1. The number of nitrogens with zero attached hydrogens (tertiary/aromatic N) is 2. The van der Waals surface area contributed by atoms with Crippen LogP contribution in [0.1, 0.15) is 32.1 Å². The molecule has 0 aliphatic carbocycles. The van der Waals surface area contributed by atoms with Crippen molar-refractivity contribution in [1.29, 1.82) is 0 Å². The summed E-state index contributed by atoms with van der Waals surface area (Å²) in [5, 5.41) is 13.6. The van der Waals surface area contributed by atoms with Crippen molar-refractivity contribution >= 4 is 22.9 Å². The first-order valence-electron chi connectivity index (χ1n) is 8.62. The summed E-state index contributed by atoms with van der Waals surface area (Å²) in [6.45, 7) is 4.29. The molecule has 0 fully saturated rings. The molecular weight excluding hydrogens is 378 g/mol. The zero-order chi connectivity index (χ0) is 20.3. The first-order chi connectivity index (χ1) is 13.3. The molecule has 0 saturated heterocycles. The van der Waals surface area contributed by atoms with Gasteiger partial charge in [0, 0.05) is 24.4 Å². The van der Waals surface area contributed by atoms with Crippen molar-refractivity contribution in [3.05, 3.63) is 95.6 Å². The van der Waals surface area contributed by atoms with Crippen molar-refractivity contribution in [2.45, 2.75) is 26.9 Å². The minimum Gasteiger partial charge on any atom is -0.347 e. The predicted octanol–water partition coefficient (Wildman–Crippen LogP) is 3.41. The lowest BCUT2D eigenvalue weighted by Crippen LogP contribution is -2.23. The van der Waals surface area contributed by atoms with Gasteiger partial charge in [-0.2, -0.15) is 0 Å². The molecule has 0 bridgehead atoms. The Labute approximate surface area is 165 Å². The summed E-state index contributed by atoms with van der Waals surface area (Å²) in [7, 11) is 0. The van der Waals surface area contributed by atoms with E-state index in [-0.39, 0.29) is 23.0 Å². The summed E-state index contributed by atoms with van der Waals surface area (Å²) in [4.78, 5) is 35.4. The van der Waals surface area contributed by atoms with Gasteiger partial charge in [0.25, 0.3) is 11.6 Å². The highest BCUT2D eigenvalue weighted by Gasteiger charge is 2.18. The summed E-state index contributed by atoms with van der Waals surface area (Å²) < 4.78 is 1.58. The number of aromatic nitrogens is 1. The number of rotatable bonds is 6. The number of aryl methyl sites for hydroxylation is 1. The maximum Gasteiger partial charge on any atom is 0.308 e. The molecule has 1 heterocycles. The average Bonchev–Trinajstić information content (AvgIpc) is 2.96. The van der Waals surface area contributed by atoms with Crippen molar-refractivity contribution in [2.24, 2.45) is 0 Å². The molecule has 0 radical (unpaired) electrons. The van der Waals surface area contributed by atoms with E-state index in [1.807, 2.05) is 31.2 Å². The van der Waals surface area contributed by atoms with Crippen molar-refractivity contribution in [3.8, 4) is 0 Å². The first-order valence-corrected chi connectivity index (χ1v) is 9.44. The molecule has 7 nitrogen and oxygen atoms in total. The van der Waals surface area contributed by atoms with E-state index in [1.54, 1.807) is 23.6 Å². The molecule has 3 aromatic rings. The van der Waals surface area contributed by atoms with Gasteiger partial charge in [-0.25, -0.2) is 0 Å². The lowest BCUT2D eigenvalue weighted by Gasteiger charge is -2.07. The Morgan fingerprint density at radius 2 is 1.86 bits per heavy atom. The lowest BCUT2D eigenvalue weighted by atomic mass is 10.1. The average molecular weight is 397 g/mol. The van der Waals surface area contributed by atoms with Crippen LogP contribution in [0.5, 0.6) is 0 Å². The Balaban J connectivity index is 1.74. The minimum absolute atomic E-state index is 0.0307. The Morgan fingerprint density at radius 3 is 2.54 bits per heavy atom. The molecule has 0 aliphatic heterocycles. The molecule has 1 N–H and O–H groups in total. The third kappa shape index (κ3) is 4.34. The number of carbonyl (C=O) groups excluding carboxylic acids is 1. The Hall–Kier alpha value is -3.26. The van der Waals surface area contributed by atoms with Gasteiger partial charge in [0.15, 0.2) is 0 Å². The molecule has 1 aromatic heterocycles. The summed E-state index contributed by atoms with van der Waals surface area (Å²) in [5.41, 5.74) is 3.31. The number of thiazole rings is 1. The molecule has 0 unspecified atom stereocenters. The van der Waals surface area contributed by atoms with Crippen molar-refractivity contribution in [1.82, 2.24) is 9.88 Å². The van der Waals surface area contributed by atoms with Gasteiger partial charge in [0.2, 0.25) is 0 Å². The fraction of sp³-hybridized carbons (Fsp3) is 0.200. The fourth-order valence-electron chi connectivity index (χ4n) is 2.79. The number of non-ortho nitro benzene ring substituents is 1. The van der Waals surface area contributed by atoms with Gasteiger partial charge in [-0.05, 0) is 25.0 Å². The van der Waals surface area contributed by atoms with Crippen molar-refractivity contribution in [2.75, 3.05) is 0 Å². The second-order valence-corrected chi connectivity index (χ2v) is 7.43. The molecule has 0 saturated carbocycles. The van der Waals surface area contributed by atoms with E-state index in [0.717, 1.165) is 22.5 Å². The Morgan fingerprint density at radius 1 is 1.14 bits per heavy atom. The van der Waals surface area contributed by atoms with Gasteiger partial charge in [0.1, 0.15) is 4.88 Å². The van der Waals surface area contributed by atoms with E-state index in [9.17, 15) is 19.7 Å². The van der Waals surface area contributed by atoms with Gasteiger partial charge < -0.3 is 5.32 Å². The SMILES string of the molecule is Cc1ccc(Cn2c(C)c(C(=O)NCc3cccc([N+](=O)[O-])c3)sc2=O)cc1. The number of benzene rings is 2. The Bertz CT molecular complexity index is 1080. The highest BCUT2D eigenvalue weighted by molar-refractivity contribution is 7.11. The summed E-state index contributed by atoms with van der Waals surface area (Å²) in [6, 6.07) is 14.0. The van der Waals surface area contributed by atoms with E-state index >= 15 is 0 Å². The molecule has 2 aromatic carbocycles. The minimum atomic E-state index is -0.480. The number of nitrogens with one attached hydrogen (secondary N) is 1. The lowest BCUT2D eigenvalue weighted by molar-refractivity contribution is -0.384. The molecule has 1 amide bonds. The van der Waals surface area contributed by atoms with Crippen molar-refractivity contribution < 1.29 is 9.72 Å². The standard InChI is InChI=1S/C20H19N3O4S/c1-13-6-8-15(9-7-13)12-22-14(2)18(28-20(22)25)19(24)21-11-16-4-3-5-17(10-16)23(26)27/h3-10H,11-12H2,1-2H3,(H,21,24). The van der Waals surface area contributed by atoms with Crippen LogP contribution in [0.2, 0.25) is 0 Å². The molecule has 0 atom stereocenters. The normalized spacial score (nSPS) is 10.6. The zero-order valence-corrected chi connectivity index (χ0v) is 16.3. The molecular formula is C20H19N3O4S. The van der Waals surface area contributed by atoms with E-state index in [4.69, 9.17) is 0 Å². The van der Waals surface area contributed by atoms with Gasteiger partial charge >= 0.3 is 4.87 Å². The van der Waals surface area contributed by atoms with Crippen LogP contribution in [0.4, 0.5) is 5.69 Å². The third-order valence-electron chi connectivity index (χ3n) is 4.39. The molecule has 28 heavy (non-hydrogen) atoms. The maximum absolute atomic E-state index is 12.5. The molecule has 0 aliphatic rings. The van der Waals surface area contributed by atoms with Gasteiger partial charge in [-0.15, -0.1) is 0 Å². The quantitative estimate of drug-likeness (QED) is 0.509. The van der Waals surface area contributed by atoms with Crippen LogP contribution in [0, 0.1) is 24.0 Å². The number of nitro groups is 1. The van der Waals surface area contributed by atoms with Gasteiger partial charge in [-0.3, -0.25) is 24.3 Å². The molecule has 3 rings (SSSR count). The third-order valence-corrected chi connectivity index (χ3v) is 5.47. The van der Waals surface area contributed by atoms with E-state index in [0.29, 0.717) is 22.7 Å². The van der Waals surface area contributed by atoms with Crippen LogP contribution in [0.3, 0.4) is 0 Å². The van der Waals surface area contributed by atoms with Crippen LogP contribution in [0.25, 0.3) is 0 Å². The van der Waals surface area contributed by atoms with E-state index < -0.39 is 4.92 Å². The molecule has 0 spiro atoms. The highest BCUT2D eigenvalue weighted by Crippen LogP contribution is 2.16. The Kier molecular flexibility index (Phi) is 5.70. The molecule has 8 heteroatoms. The van der Waals surface area contributed by atoms with Crippen LogP contribution in [-0.4, -0.2) is 15.4 Å². The second-order valence-electron chi connectivity index (χ2n) is 6.46. The van der Waals surface area contributed by atoms with Gasteiger partial charge in [-0.1, -0.05) is 53.3 Å². The maximum atomic E-state index is 12.5. The van der Waals surface area contributed by atoms with Crippen LogP contribution >= 0.6 is 11.3 Å². The van der Waals surface area contributed by atoms with Crippen LogP contribution < -0.4 is 10.2 Å². The van der Waals surface area contributed by atoms with E-state index in [2.05, 4.69) is 5.32 Å². The van der Waals surface area contributed by atoms with E-state index in [1.165, 1.54) is 12.1 Å². The highest BCUT2D eigenvalue weighted by atomic mass is 32.1. The fourth-order valence-corrected chi connectivity index (χ4v) is 3.70. The van der Waals surface area contributed by atoms with Crippen LogP contribution in [0.15, 0.2) is 53.3 Å². The first kappa shape index (κ1) is 19.5. The predicted molar refractivity (Wildman–Crippen MR) is 108 cm³/mol. The monoisotopic (exact) mass is 397 g/mol. The number of carbonyl (C=O) groups is 1. The number of amides is 1. The summed E-state index contributed by atoms with van der Waals surface area (Å²) in [5.74, 6) is -0.367. The summed E-state index contributed by atoms with van der Waals surface area (Å²) in [6.07, 6.45) is 0. The second kappa shape index (κ2) is 8.18. The summed E-state index contributed by atoms with van der Waals surface area (Å²) >= 11 is 0.902.